The van der Waals surface area contributed by atoms with Crippen LogP contribution in [0.15, 0.2) is 24.3 Å². The summed E-state index contributed by atoms with van der Waals surface area (Å²) in [5.41, 5.74) is 0. The van der Waals surface area contributed by atoms with E-state index in [4.69, 9.17) is 22.2 Å². The van der Waals surface area contributed by atoms with Crippen molar-refractivity contribution in [3.63, 3.8) is 0 Å². The molecule has 0 bridgehead atoms. The normalized spacial score (nSPS) is 11.4. The summed E-state index contributed by atoms with van der Waals surface area (Å²) in [4.78, 5) is 4.62. The van der Waals surface area contributed by atoms with E-state index in [-0.39, 0.29) is 0 Å². The molecule has 0 aliphatic rings. The number of nitrogens with two attached hydrogens (primary N) is 1. The molecule has 0 spiro atoms. The minimum Gasteiger partial charge on any atom is -0.461 e. The second-order valence-electron chi connectivity index (χ2n) is 3.07. The van der Waals surface area contributed by atoms with E-state index in [0.717, 1.165) is 0 Å². The lowest BCUT2D eigenvalue weighted by Gasteiger charge is -2.23. The predicted octanol–water partition coefficient (Wildman–Crippen LogP) is 2.35. The van der Waals surface area contributed by atoms with Gasteiger partial charge >= 0.3 is 0 Å². The van der Waals surface area contributed by atoms with Crippen LogP contribution in [0, 0.1) is 0 Å². The molecule has 3 nitrogen and oxygen atoms in total. The standard InChI is InChI=1S/C9H12ClNO2/c1-9(2,13-11)12-8-5-3-7(10)4-6-8/h3-6H,11H2,1-2H3. The van der Waals surface area contributed by atoms with Crippen molar-refractivity contribution in [1.29, 1.82) is 0 Å². The highest BCUT2D eigenvalue weighted by atomic mass is 35.5. The zero-order valence-electron chi connectivity index (χ0n) is 7.58. The highest BCUT2D eigenvalue weighted by Crippen LogP contribution is 2.20. The molecule has 0 aromatic heterocycles. The van der Waals surface area contributed by atoms with Crippen molar-refractivity contribution >= 4 is 11.6 Å². The third-order valence-electron chi connectivity index (χ3n) is 1.46. The Morgan fingerprint density at radius 2 is 1.77 bits per heavy atom. The Morgan fingerprint density at radius 1 is 1.23 bits per heavy atom. The molecule has 0 aliphatic carbocycles. The van der Waals surface area contributed by atoms with E-state index in [1.54, 1.807) is 38.1 Å². The molecule has 1 aromatic rings. The van der Waals surface area contributed by atoms with Gasteiger partial charge in [0.25, 0.3) is 0 Å². The zero-order chi connectivity index (χ0) is 9.90. The first-order valence-electron chi connectivity index (χ1n) is 3.86. The van der Waals surface area contributed by atoms with E-state index in [9.17, 15) is 0 Å². The van der Waals surface area contributed by atoms with Crippen LogP contribution in [0.2, 0.25) is 5.02 Å². The summed E-state index contributed by atoms with van der Waals surface area (Å²) < 4.78 is 5.40. The summed E-state index contributed by atoms with van der Waals surface area (Å²) in [6, 6.07) is 6.99. The Hall–Kier alpha value is -0.770. The fraction of sp³-hybridized carbons (Fsp3) is 0.333. The van der Waals surface area contributed by atoms with Crippen molar-refractivity contribution < 1.29 is 9.57 Å². The van der Waals surface area contributed by atoms with Gasteiger partial charge in [-0.05, 0) is 24.3 Å². The molecule has 0 fully saturated rings. The second kappa shape index (κ2) is 3.96. The number of hydrogen-bond acceptors (Lipinski definition) is 3. The molecule has 1 aromatic carbocycles. The van der Waals surface area contributed by atoms with E-state index in [1.807, 2.05) is 0 Å². The van der Waals surface area contributed by atoms with Gasteiger partial charge in [0.2, 0.25) is 5.79 Å². The third-order valence-corrected chi connectivity index (χ3v) is 1.71. The fourth-order valence-corrected chi connectivity index (χ4v) is 0.936. The number of ether oxygens (including phenoxy) is 1. The average Bonchev–Trinajstić information content (AvgIpc) is 2.09. The van der Waals surface area contributed by atoms with Gasteiger partial charge in [-0.3, -0.25) is 4.84 Å². The van der Waals surface area contributed by atoms with Gasteiger partial charge in [0.1, 0.15) is 5.75 Å². The Bertz CT molecular complexity index is 271. The highest BCUT2D eigenvalue weighted by Gasteiger charge is 2.18. The number of benzene rings is 1. The van der Waals surface area contributed by atoms with Gasteiger partial charge in [-0.2, -0.15) is 0 Å². The highest BCUT2D eigenvalue weighted by molar-refractivity contribution is 6.30. The van der Waals surface area contributed by atoms with Crippen LogP contribution in [0.4, 0.5) is 0 Å². The first-order valence-corrected chi connectivity index (χ1v) is 4.24. The number of halogens is 1. The van der Waals surface area contributed by atoms with Crippen molar-refractivity contribution in [2.45, 2.75) is 19.6 Å². The third kappa shape index (κ3) is 3.22. The predicted molar refractivity (Wildman–Crippen MR) is 51.4 cm³/mol. The molecule has 1 rings (SSSR count). The molecule has 4 heteroatoms. The van der Waals surface area contributed by atoms with E-state index < -0.39 is 5.79 Å². The van der Waals surface area contributed by atoms with Gasteiger partial charge in [0.05, 0.1) is 0 Å². The number of hydrogen-bond donors (Lipinski definition) is 1. The van der Waals surface area contributed by atoms with Crippen molar-refractivity contribution in [2.75, 3.05) is 0 Å². The van der Waals surface area contributed by atoms with E-state index >= 15 is 0 Å². The SMILES string of the molecule is CC(C)(ON)Oc1ccc(Cl)cc1. The van der Waals surface area contributed by atoms with Crippen molar-refractivity contribution in [1.82, 2.24) is 0 Å². The summed E-state index contributed by atoms with van der Waals surface area (Å²) in [6.45, 7) is 3.45. The lowest BCUT2D eigenvalue weighted by atomic mass is 10.3. The van der Waals surface area contributed by atoms with Crippen LogP contribution in [0.1, 0.15) is 13.8 Å². The van der Waals surface area contributed by atoms with E-state index in [0.29, 0.717) is 10.8 Å². The molecule has 0 saturated carbocycles. The fourth-order valence-electron chi connectivity index (χ4n) is 0.811. The van der Waals surface area contributed by atoms with Crippen molar-refractivity contribution in [3.8, 4) is 5.75 Å². The molecule has 0 unspecified atom stereocenters. The Balaban J connectivity index is 2.69. The molecule has 0 heterocycles. The molecule has 0 saturated heterocycles. The Kier molecular flexibility index (Phi) is 3.14. The summed E-state index contributed by atoms with van der Waals surface area (Å²) in [5, 5.41) is 0.666. The summed E-state index contributed by atoms with van der Waals surface area (Å²) >= 11 is 5.71. The van der Waals surface area contributed by atoms with Crippen LogP contribution in [0.25, 0.3) is 0 Å². The van der Waals surface area contributed by atoms with Crippen LogP contribution in [0.5, 0.6) is 5.75 Å². The molecule has 72 valence electrons. The topological polar surface area (TPSA) is 44.5 Å². The number of rotatable bonds is 3. The Morgan fingerprint density at radius 3 is 2.23 bits per heavy atom. The van der Waals surface area contributed by atoms with Crippen molar-refractivity contribution in [2.24, 2.45) is 5.90 Å². The van der Waals surface area contributed by atoms with Gasteiger partial charge in [0, 0.05) is 18.9 Å². The molecule has 0 amide bonds. The monoisotopic (exact) mass is 201 g/mol. The van der Waals surface area contributed by atoms with Gasteiger partial charge < -0.3 is 4.74 Å². The first-order chi connectivity index (χ1) is 6.03. The zero-order valence-corrected chi connectivity index (χ0v) is 8.34. The van der Waals surface area contributed by atoms with Crippen LogP contribution in [0.3, 0.4) is 0 Å². The van der Waals surface area contributed by atoms with E-state index in [1.165, 1.54) is 0 Å². The largest absolute Gasteiger partial charge is 0.461 e. The van der Waals surface area contributed by atoms with Gasteiger partial charge in [-0.1, -0.05) is 11.6 Å². The first kappa shape index (κ1) is 10.3. The maximum atomic E-state index is 5.71. The molecule has 0 radical (unpaired) electrons. The molecule has 0 atom stereocenters. The smallest absolute Gasteiger partial charge is 0.222 e. The quantitative estimate of drug-likeness (QED) is 0.603. The van der Waals surface area contributed by atoms with E-state index in [2.05, 4.69) is 4.84 Å². The molecular formula is C9H12ClNO2. The molecule has 13 heavy (non-hydrogen) atoms. The van der Waals surface area contributed by atoms with Crippen LogP contribution >= 0.6 is 11.6 Å². The van der Waals surface area contributed by atoms with Crippen molar-refractivity contribution in [3.05, 3.63) is 29.3 Å². The minimum atomic E-state index is -0.826. The minimum absolute atomic E-state index is 0.666. The van der Waals surface area contributed by atoms with Gasteiger partial charge in [0.15, 0.2) is 0 Å². The second-order valence-corrected chi connectivity index (χ2v) is 3.51. The van der Waals surface area contributed by atoms with Crippen LogP contribution in [-0.2, 0) is 4.84 Å². The molecular weight excluding hydrogens is 190 g/mol. The summed E-state index contributed by atoms with van der Waals surface area (Å²) in [6.07, 6.45) is 0. The molecule has 2 N–H and O–H groups in total. The van der Waals surface area contributed by atoms with Gasteiger partial charge in [-0.25, -0.2) is 5.90 Å². The summed E-state index contributed by atoms with van der Waals surface area (Å²) in [5.74, 6) is 4.87. The lowest BCUT2D eigenvalue weighted by Crippen LogP contribution is -2.34. The maximum absolute atomic E-state index is 5.71. The molecule has 0 aliphatic heterocycles. The van der Waals surface area contributed by atoms with Crippen LogP contribution < -0.4 is 10.6 Å². The maximum Gasteiger partial charge on any atom is 0.222 e. The van der Waals surface area contributed by atoms with Gasteiger partial charge in [-0.15, -0.1) is 0 Å². The Labute approximate surface area is 82.4 Å². The summed E-state index contributed by atoms with van der Waals surface area (Å²) in [7, 11) is 0. The van der Waals surface area contributed by atoms with Crippen LogP contribution in [-0.4, -0.2) is 5.79 Å². The lowest BCUT2D eigenvalue weighted by molar-refractivity contribution is -0.159. The average molecular weight is 202 g/mol.